The van der Waals surface area contributed by atoms with Crippen LogP contribution in [0.5, 0.6) is 0 Å². The lowest BCUT2D eigenvalue weighted by Crippen LogP contribution is -2.45. The van der Waals surface area contributed by atoms with Crippen LogP contribution >= 0.6 is 11.3 Å². The quantitative estimate of drug-likeness (QED) is 0.858. The van der Waals surface area contributed by atoms with Crippen LogP contribution in [-0.2, 0) is 10.2 Å². The van der Waals surface area contributed by atoms with Crippen LogP contribution in [0.4, 0.5) is 0 Å². The molecule has 5 nitrogen and oxygen atoms in total. The Morgan fingerprint density at radius 3 is 2.63 bits per heavy atom. The average molecular weight is 301 g/mol. The Balaban J connectivity index is 1.83. The Hall–Kier alpha value is -0.500. The van der Waals surface area contributed by atoms with Gasteiger partial charge in [-0.3, -0.25) is 0 Å². The molecule has 0 spiro atoms. The van der Waals surface area contributed by atoms with Gasteiger partial charge in [0.2, 0.25) is 0 Å². The smallest absolute Gasteiger partial charge is 0.248 e. The molecule has 1 unspecified atom stereocenters. The van der Waals surface area contributed by atoms with Gasteiger partial charge in [-0.25, -0.2) is 4.98 Å². The van der Waals surface area contributed by atoms with Crippen molar-refractivity contribution in [1.29, 1.82) is 0 Å². The molecule has 0 bridgehead atoms. The van der Waals surface area contributed by atoms with E-state index >= 15 is 0 Å². The van der Waals surface area contributed by atoms with Crippen molar-refractivity contribution >= 4 is 21.5 Å². The Bertz CT molecular complexity index is 509. The van der Waals surface area contributed by atoms with Crippen molar-refractivity contribution in [3.63, 3.8) is 0 Å². The molecule has 0 aromatic carbocycles. The fourth-order valence-electron chi connectivity index (χ4n) is 2.91. The van der Waals surface area contributed by atoms with Gasteiger partial charge in [-0.05, 0) is 25.7 Å². The molecule has 106 valence electrons. The first-order chi connectivity index (χ1) is 9.19. The third-order valence-corrected chi connectivity index (χ3v) is 6.80. The van der Waals surface area contributed by atoms with Gasteiger partial charge >= 0.3 is 0 Å². The van der Waals surface area contributed by atoms with Gasteiger partial charge in [0.05, 0.1) is 6.04 Å². The first-order valence-corrected chi connectivity index (χ1v) is 9.13. The molecule has 2 aliphatic heterocycles. The van der Waals surface area contributed by atoms with Gasteiger partial charge in [0.1, 0.15) is 5.01 Å². The topological polar surface area (TPSA) is 53.5 Å². The molecule has 3 heterocycles. The van der Waals surface area contributed by atoms with Crippen molar-refractivity contribution in [3.05, 3.63) is 16.6 Å². The normalized spacial score (nSPS) is 26.8. The summed E-state index contributed by atoms with van der Waals surface area (Å²) in [5, 5.41) is 2.84. The molecule has 1 aromatic heterocycles. The second-order valence-corrected chi connectivity index (χ2v) is 7.91. The predicted molar refractivity (Wildman–Crippen MR) is 75.1 cm³/mol. The molecule has 0 N–H and O–H groups in total. The van der Waals surface area contributed by atoms with Gasteiger partial charge in [0, 0.05) is 31.2 Å². The van der Waals surface area contributed by atoms with Crippen LogP contribution in [0.2, 0.25) is 0 Å². The van der Waals surface area contributed by atoms with Gasteiger partial charge in [0.25, 0.3) is 10.2 Å². The van der Waals surface area contributed by atoms with Crippen molar-refractivity contribution in [2.24, 2.45) is 0 Å². The van der Waals surface area contributed by atoms with Crippen molar-refractivity contribution < 1.29 is 8.42 Å². The zero-order valence-corrected chi connectivity index (χ0v) is 12.5. The molecule has 7 heteroatoms. The van der Waals surface area contributed by atoms with Gasteiger partial charge in [-0.2, -0.15) is 17.0 Å². The minimum Gasteiger partial charge on any atom is -0.248 e. The minimum absolute atomic E-state index is 0.0491. The summed E-state index contributed by atoms with van der Waals surface area (Å²) in [6, 6.07) is -0.0491. The largest absolute Gasteiger partial charge is 0.282 e. The highest BCUT2D eigenvalue weighted by molar-refractivity contribution is 7.86. The number of piperidine rings is 1. The van der Waals surface area contributed by atoms with Gasteiger partial charge in [-0.1, -0.05) is 6.42 Å². The molecule has 2 aliphatic rings. The molecular formula is C12H19N3O2S2. The maximum atomic E-state index is 12.7. The molecule has 0 saturated carbocycles. The second-order valence-electron chi connectivity index (χ2n) is 5.11. The van der Waals surface area contributed by atoms with Crippen LogP contribution in [-0.4, -0.2) is 41.6 Å². The standard InChI is InChI=1S/C12H19N3O2S2/c16-19(17,14-7-2-1-3-8-14)15-9-4-5-11(15)12-13-6-10-18-12/h6,10-11H,1-5,7-9H2. The van der Waals surface area contributed by atoms with Crippen molar-refractivity contribution in [3.8, 4) is 0 Å². The van der Waals surface area contributed by atoms with Crippen LogP contribution in [0.1, 0.15) is 43.2 Å². The molecular weight excluding hydrogens is 282 g/mol. The van der Waals surface area contributed by atoms with E-state index in [0.717, 1.165) is 37.1 Å². The number of hydrogen-bond donors (Lipinski definition) is 0. The molecule has 2 saturated heterocycles. The summed E-state index contributed by atoms with van der Waals surface area (Å²) >= 11 is 1.55. The minimum atomic E-state index is -3.30. The maximum Gasteiger partial charge on any atom is 0.282 e. The molecule has 1 atom stereocenters. The van der Waals surface area contributed by atoms with Crippen molar-refractivity contribution in [2.75, 3.05) is 19.6 Å². The molecule has 19 heavy (non-hydrogen) atoms. The molecule has 3 rings (SSSR count). The Morgan fingerprint density at radius 2 is 1.95 bits per heavy atom. The third-order valence-electron chi connectivity index (χ3n) is 3.88. The number of aromatic nitrogens is 1. The highest BCUT2D eigenvalue weighted by Gasteiger charge is 2.40. The van der Waals surface area contributed by atoms with E-state index in [9.17, 15) is 8.42 Å². The van der Waals surface area contributed by atoms with E-state index in [2.05, 4.69) is 4.98 Å². The Kier molecular flexibility index (Phi) is 3.88. The molecule has 0 aliphatic carbocycles. The summed E-state index contributed by atoms with van der Waals surface area (Å²) < 4.78 is 28.8. The lowest BCUT2D eigenvalue weighted by molar-refractivity contribution is 0.296. The van der Waals surface area contributed by atoms with E-state index in [1.165, 1.54) is 0 Å². The Labute approximate surface area is 118 Å². The first kappa shape index (κ1) is 13.5. The number of rotatable bonds is 3. The molecule has 1 aromatic rings. The van der Waals surface area contributed by atoms with Crippen LogP contribution < -0.4 is 0 Å². The van der Waals surface area contributed by atoms with E-state index in [-0.39, 0.29) is 6.04 Å². The average Bonchev–Trinajstić information content (AvgIpc) is 3.10. The second kappa shape index (κ2) is 5.47. The van der Waals surface area contributed by atoms with Crippen molar-refractivity contribution in [1.82, 2.24) is 13.6 Å². The lowest BCUT2D eigenvalue weighted by Gasteiger charge is -2.32. The summed E-state index contributed by atoms with van der Waals surface area (Å²) in [4.78, 5) is 4.30. The third kappa shape index (κ3) is 2.56. The zero-order chi connectivity index (χ0) is 13.3. The number of nitrogens with zero attached hydrogens (tertiary/aromatic N) is 3. The number of thiazole rings is 1. The van der Waals surface area contributed by atoms with Crippen LogP contribution in [0, 0.1) is 0 Å². The van der Waals surface area contributed by atoms with Crippen LogP contribution in [0.15, 0.2) is 11.6 Å². The number of hydrogen-bond acceptors (Lipinski definition) is 4. The predicted octanol–water partition coefficient (Wildman–Crippen LogP) is 2.01. The highest BCUT2D eigenvalue weighted by Crippen LogP contribution is 2.36. The maximum absolute atomic E-state index is 12.7. The van der Waals surface area contributed by atoms with Crippen molar-refractivity contribution in [2.45, 2.75) is 38.1 Å². The fourth-order valence-corrected chi connectivity index (χ4v) is 5.66. The molecule has 0 radical (unpaired) electrons. The first-order valence-electron chi connectivity index (χ1n) is 6.86. The van der Waals surface area contributed by atoms with E-state index in [4.69, 9.17) is 0 Å². The van der Waals surface area contributed by atoms with Gasteiger partial charge in [-0.15, -0.1) is 11.3 Å². The Morgan fingerprint density at radius 1 is 1.16 bits per heavy atom. The fraction of sp³-hybridized carbons (Fsp3) is 0.750. The van der Waals surface area contributed by atoms with E-state index in [1.807, 2.05) is 5.38 Å². The SMILES string of the molecule is O=S(=O)(N1CCCCC1)N1CCCC1c1nccs1. The van der Waals surface area contributed by atoms with E-state index in [1.54, 1.807) is 26.1 Å². The van der Waals surface area contributed by atoms with E-state index in [0.29, 0.717) is 19.6 Å². The molecule has 2 fully saturated rings. The van der Waals surface area contributed by atoms with Gasteiger partial charge < -0.3 is 0 Å². The zero-order valence-electron chi connectivity index (χ0n) is 10.9. The summed E-state index contributed by atoms with van der Waals surface area (Å²) in [6.45, 7) is 1.97. The van der Waals surface area contributed by atoms with E-state index < -0.39 is 10.2 Å². The van der Waals surface area contributed by atoms with Gasteiger partial charge in [0.15, 0.2) is 0 Å². The highest BCUT2D eigenvalue weighted by atomic mass is 32.2. The summed E-state index contributed by atoms with van der Waals surface area (Å²) in [7, 11) is -3.30. The monoisotopic (exact) mass is 301 g/mol. The lowest BCUT2D eigenvalue weighted by atomic mass is 10.2. The summed E-state index contributed by atoms with van der Waals surface area (Å²) in [6.07, 6.45) is 6.67. The van der Waals surface area contributed by atoms with Crippen LogP contribution in [0.25, 0.3) is 0 Å². The molecule has 0 amide bonds. The van der Waals surface area contributed by atoms with Crippen LogP contribution in [0.3, 0.4) is 0 Å². The summed E-state index contributed by atoms with van der Waals surface area (Å²) in [5.74, 6) is 0. The summed E-state index contributed by atoms with van der Waals surface area (Å²) in [5.41, 5.74) is 0.